The Kier molecular flexibility index (Phi) is 4.96. The summed E-state index contributed by atoms with van der Waals surface area (Å²) in [5.74, 6) is 1.17. The molecule has 0 saturated heterocycles. The van der Waals surface area contributed by atoms with E-state index < -0.39 is 0 Å². The van der Waals surface area contributed by atoms with Crippen molar-refractivity contribution < 1.29 is 4.79 Å². The fourth-order valence-electron chi connectivity index (χ4n) is 3.41. The highest BCUT2D eigenvalue weighted by molar-refractivity contribution is 8.00. The second-order valence-corrected chi connectivity index (χ2v) is 8.65. The summed E-state index contributed by atoms with van der Waals surface area (Å²) >= 11 is 3.32. The molecule has 1 atom stereocenters. The highest BCUT2D eigenvalue weighted by Crippen LogP contribution is 2.40. The van der Waals surface area contributed by atoms with Gasteiger partial charge in [0.15, 0.2) is 0 Å². The Bertz CT molecular complexity index is 953. The number of nitrogens with zero attached hydrogens (tertiary/aromatic N) is 2. The number of nitrogens with one attached hydrogen (secondary N) is 1. The van der Waals surface area contributed by atoms with Crippen LogP contribution in [0.1, 0.15) is 41.2 Å². The zero-order valence-corrected chi connectivity index (χ0v) is 16.5. The molecule has 0 aliphatic heterocycles. The fourth-order valence-corrected chi connectivity index (χ4v) is 5.69. The van der Waals surface area contributed by atoms with Gasteiger partial charge < -0.3 is 5.32 Å². The summed E-state index contributed by atoms with van der Waals surface area (Å²) in [6.45, 7) is 3.93. The molecule has 1 aliphatic carbocycles. The van der Waals surface area contributed by atoms with Crippen LogP contribution in [0, 0.1) is 6.92 Å². The van der Waals surface area contributed by atoms with E-state index in [-0.39, 0.29) is 11.9 Å². The predicted molar refractivity (Wildman–Crippen MR) is 108 cm³/mol. The van der Waals surface area contributed by atoms with Crippen LogP contribution in [0.3, 0.4) is 0 Å². The molecule has 0 radical (unpaired) electrons. The highest BCUT2D eigenvalue weighted by atomic mass is 32.2. The van der Waals surface area contributed by atoms with Crippen LogP contribution >= 0.6 is 23.1 Å². The summed E-state index contributed by atoms with van der Waals surface area (Å²) in [7, 11) is 0. The number of amides is 1. The van der Waals surface area contributed by atoms with E-state index >= 15 is 0 Å². The standard InChI is InChI=1S/C20H21N3OS2/c1-12(14-7-4-3-5-8-14)21-17(24)11-25-19-18-15-9-6-10-16(15)26-20(18)23-13(2)22-19/h3-5,7-8,12H,6,9-11H2,1-2H3,(H,21,24)/t12-/m1/s1. The highest BCUT2D eigenvalue weighted by Gasteiger charge is 2.22. The molecule has 1 amide bonds. The summed E-state index contributed by atoms with van der Waals surface area (Å²) in [5.41, 5.74) is 2.52. The van der Waals surface area contributed by atoms with Crippen LogP contribution in [0.5, 0.6) is 0 Å². The van der Waals surface area contributed by atoms with Crippen LogP contribution in [-0.2, 0) is 17.6 Å². The number of thiophene rings is 1. The Morgan fingerprint density at radius 1 is 1.27 bits per heavy atom. The number of carbonyl (C=O) groups excluding carboxylic acids is 1. The topological polar surface area (TPSA) is 54.9 Å². The molecule has 26 heavy (non-hydrogen) atoms. The van der Waals surface area contributed by atoms with E-state index in [1.807, 2.05) is 44.2 Å². The van der Waals surface area contributed by atoms with Gasteiger partial charge in [-0.05, 0) is 44.2 Å². The Morgan fingerprint density at radius 3 is 2.88 bits per heavy atom. The zero-order valence-electron chi connectivity index (χ0n) is 14.9. The van der Waals surface area contributed by atoms with E-state index in [1.54, 1.807) is 11.3 Å². The number of aromatic nitrogens is 2. The molecule has 4 rings (SSSR count). The number of aryl methyl sites for hydroxylation is 3. The third-order valence-electron chi connectivity index (χ3n) is 4.66. The van der Waals surface area contributed by atoms with E-state index in [9.17, 15) is 4.79 Å². The monoisotopic (exact) mass is 383 g/mol. The number of carbonyl (C=O) groups is 1. The number of hydrogen-bond donors (Lipinski definition) is 1. The molecule has 0 spiro atoms. The largest absolute Gasteiger partial charge is 0.349 e. The van der Waals surface area contributed by atoms with Crippen LogP contribution < -0.4 is 5.32 Å². The average Bonchev–Trinajstić information content (AvgIpc) is 3.21. The first-order valence-corrected chi connectivity index (χ1v) is 10.7. The predicted octanol–water partition coefficient (Wildman–Crippen LogP) is 4.46. The van der Waals surface area contributed by atoms with Gasteiger partial charge in [-0.25, -0.2) is 9.97 Å². The van der Waals surface area contributed by atoms with Gasteiger partial charge in [-0.15, -0.1) is 11.3 Å². The number of rotatable bonds is 5. The molecule has 1 aromatic carbocycles. The minimum Gasteiger partial charge on any atom is -0.349 e. The van der Waals surface area contributed by atoms with Crippen LogP contribution in [-0.4, -0.2) is 21.6 Å². The van der Waals surface area contributed by atoms with E-state index in [0.29, 0.717) is 5.75 Å². The molecule has 0 saturated carbocycles. The molecule has 1 N–H and O–H groups in total. The first-order chi connectivity index (χ1) is 12.6. The second-order valence-electron chi connectivity index (χ2n) is 6.60. The van der Waals surface area contributed by atoms with Crippen molar-refractivity contribution in [1.29, 1.82) is 0 Å². The molecule has 0 unspecified atom stereocenters. The number of benzene rings is 1. The summed E-state index contributed by atoms with van der Waals surface area (Å²) in [5, 5.41) is 5.21. The van der Waals surface area contributed by atoms with E-state index in [1.165, 1.54) is 34.0 Å². The lowest BCUT2D eigenvalue weighted by atomic mass is 10.1. The zero-order chi connectivity index (χ0) is 18.1. The third-order valence-corrected chi connectivity index (χ3v) is 6.82. The number of fused-ring (bicyclic) bond motifs is 3. The van der Waals surface area contributed by atoms with Crippen molar-refractivity contribution in [3.8, 4) is 0 Å². The Hall–Kier alpha value is -1.92. The lowest BCUT2D eigenvalue weighted by Crippen LogP contribution is -2.28. The van der Waals surface area contributed by atoms with Crippen LogP contribution in [0.4, 0.5) is 0 Å². The molecule has 2 heterocycles. The third kappa shape index (κ3) is 3.48. The van der Waals surface area contributed by atoms with E-state index in [0.717, 1.165) is 34.1 Å². The molecule has 134 valence electrons. The smallest absolute Gasteiger partial charge is 0.230 e. The summed E-state index contributed by atoms with van der Waals surface area (Å²) in [4.78, 5) is 24.2. The molecule has 1 aliphatic rings. The number of thioether (sulfide) groups is 1. The molecule has 6 heteroatoms. The van der Waals surface area contributed by atoms with Gasteiger partial charge in [0.05, 0.1) is 11.8 Å². The van der Waals surface area contributed by atoms with Gasteiger partial charge in [0.25, 0.3) is 0 Å². The maximum atomic E-state index is 12.4. The summed E-state index contributed by atoms with van der Waals surface area (Å²) in [6.07, 6.45) is 3.46. The molecule has 2 aromatic heterocycles. The van der Waals surface area contributed by atoms with E-state index in [4.69, 9.17) is 0 Å². The van der Waals surface area contributed by atoms with Crippen molar-refractivity contribution >= 4 is 39.2 Å². The molecule has 3 aromatic rings. The summed E-state index contributed by atoms with van der Waals surface area (Å²) in [6, 6.07) is 10.0. The van der Waals surface area contributed by atoms with Crippen LogP contribution in [0.25, 0.3) is 10.2 Å². The Balaban J connectivity index is 1.48. The van der Waals surface area contributed by atoms with Crippen LogP contribution in [0.15, 0.2) is 35.4 Å². The number of hydrogen-bond acceptors (Lipinski definition) is 5. The fraction of sp³-hybridized carbons (Fsp3) is 0.350. The Morgan fingerprint density at radius 2 is 2.08 bits per heavy atom. The normalized spacial score (nSPS) is 14.4. The van der Waals surface area contributed by atoms with Crippen molar-refractivity contribution in [1.82, 2.24) is 15.3 Å². The molecule has 0 fully saturated rings. The van der Waals surface area contributed by atoms with Gasteiger partial charge in [0.2, 0.25) is 5.91 Å². The van der Waals surface area contributed by atoms with Crippen molar-refractivity contribution in [2.45, 2.75) is 44.2 Å². The lowest BCUT2D eigenvalue weighted by molar-refractivity contribution is -0.119. The maximum absolute atomic E-state index is 12.4. The molecular weight excluding hydrogens is 362 g/mol. The Labute approximate surface area is 161 Å². The van der Waals surface area contributed by atoms with Gasteiger partial charge in [-0.2, -0.15) is 0 Å². The van der Waals surface area contributed by atoms with Gasteiger partial charge in [-0.1, -0.05) is 42.1 Å². The minimum absolute atomic E-state index is 0.00171. The maximum Gasteiger partial charge on any atom is 0.230 e. The molecule has 4 nitrogen and oxygen atoms in total. The van der Waals surface area contributed by atoms with Gasteiger partial charge >= 0.3 is 0 Å². The quantitative estimate of drug-likeness (QED) is 0.522. The SMILES string of the molecule is Cc1nc(SCC(=O)N[C@H](C)c2ccccc2)c2c3c(sc2n1)CCC3. The first-order valence-electron chi connectivity index (χ1n) is 8.88. The van der Waals surface area contributed by atoms with Crippen molar-refractivity contribution in [3.05, 3.63) is 52.2 Å². The van der Waals surface area contributed by atoms with Crippen molar-refractivity contribution in [3.63, 3.8) is 0 Å². The lowest BCUT2D eigenvalue weighted by Gasteiger charge is -2.14. The average molecular weight is 384 g/mol. The van der Waals surface area contributed by atoms with E-state index in [2.05, 4.69) is 15.3 Å². The first kappa shape index (κ1) is 17.5. The van der Waals surface area contributed by atoms with Gasteiger partial charge in [-0.3, -0.25) is 4.79 Å². The minimum atomic E-state index is 0.00171. The second kappa shape index (κ2) is 7.37. The molecular formula is C20H21N3OS2. The summed E-state index contributed by atoms with van der Waals surface area (Å²) < 4.78 is 0. The van der Waals surface area contributed by atoms with Gasteiger partial charge in [0.1, 0.15) is 15.7 Å². The molecule has 0 bridgehead atoms. The van der Waals surface area contributed by atoms with Crippen molar-refractivity contribution in [2.75, 3.05) is 5.75 Å². The van der Waals surface area contributed by atoms with Crippen molar-refractivity contribution in [2.24, 2.45) is 0 Å². The van der Waals surface area contributed by atoms with Gasteiger partial charge in [0, 0.05) is 10.3 Å². The van der Waals surface area contributed by atoms with Crippen LogP contribution in [0.2, 0.25) is 0 Å².